The van der Waals surface area contributed by atoms with Crippen LogP contribution in [0.2, 0.25) is 0 Å². The summed E-state index contributed by atoms with van der Waals surface area (Å²) >= 11 is 0. The molecule has 2 aliphatic heterocycles. The molecule has 148 valence electrons. The van der Waals surface area contributed by atoms with E-state index in [1.165, 1.54) is 24.8 Å². The Labute approximate surface area is 162 Å². The highest BCUT2D eigenvalue weighted by Gasteiger charge is 2.21. The van der Waals surface area contributed by atoms with Crippen molar-refractivity contribution in [2.24, 2.45) is 5.92 Å². The number of nitriles is 1. The molecule has 2 fully saturated rings. The molecule has 0 aliphatic carbocycles. The molecule has 0 spiro atoms. The van der Waals surface area contributed by atoms with Gasteiger partial charge in [-0.05, 0) is 56.3 Å². The van der Waals surface area contributed by atoms with Crippen LogP contribution < -0.4 is 15.0 Å². The minimum atomic E-state index is 0.245. The van der Waals surface area contributed by atoms with Crippen molar-refractivity contribution in [2.75, 3.05) is 51.4 Å². The number of anilines is 1. The van der Waals surface area contributed by atoms with E-state index in [9.17, 15) is 0 Å². The van der Waals surface area contributed by atoms with E-state index in [1.807, 2.05) is 0 Å². The largest absolute Gasteiger partial charge is 0.496 e. The van der Waals surface area contributed by atoms with Crippen molar-refractivity contribution >= 4 is 5.69 Å². The number of nitrogens with zero attached hydrogens (tertiary/aromatic N) is 2. The molecular formula is C21H31N3O3. The Morgan fingerprint density at radius 2 is 2.04 bits per heavy atom. The van der Waals surface area contributed by atoms with Gasteiger partial charge in [0, 0.05) is 18.8 Å². The molecule has 0 radical (unpaired) electrons. The average Bonchev–Trinajstić information content (AvgIpc) is 2.73. The molecule has 2 heterocycles. The van der Waals surface area contributed by atoms with Crippen LogP contribution in [-0.4, -0.2) is 46.5 Å². The molecule has 2 aliphatic rings. The van der Waals surface area contributed by atoms with Crippen molar-refractivity contribution < 1.29 is 14.2 Å². The lowest BCUT2D eigenvalue weighted by Gasteiger charge is -2.31. The first-order chi connectivity index (χ1) is 13.3. The number of methoxy groups -OCH3 is 1. The summed E-state index contributed by atoms with van der Waals surface area (Å²) in [5.74, 6) is 1.71. The first-order valence-corrected chi connectivity index (χ1v) is 10.1. The second kappa shape index (κ2) is 10.4. The topological polar surface area (TPSA) is 66.8 Å². The van der Waals surface area contributed by atoms with Crippen LogP contribution in [0, 0.1) is 17.4 Å². The number of hydrogen-bond acceptors (Lipinski definition) is 6. The van der Waals surface area contributed by atoms with E-state index in [0.29, 0.717) is 0 Å². The third-order valence-electron chi connectivity index (χ3n) is 5.67. The normalized spacial score (nSPS) is 18.1. The minimum Gasteiger partial charge on any atom is -0.496 e. The van der Waals surface area contributed by atoms with Gasteiger partial charge in [0.05, 0.1) is 25.9 Å². The smallest absolute Gasteiger partial charge is 0.286 e. The lowest BCUT2D eigenvalue weighted by molar-refractivity contribution is 0.122. The summed E-state index contributed by atoms with van der Waals surface area (Å²) in [5.41, 5.74) is 3.27. The van der Waals surface area contributed by atoms with Crippen LogP contribution in [0.25, 0.3) is 0 Å². The van der Waals surface area contributed by atoms with Gasteiger partial charge in [-0.25, -0.2) is 0 Å². The van der Waals surface area contributed by atoms with Crippen molar-refractivity contribution in [3.63, 3.8) is 0 Å². The van der Waals surface area contributed by atoms with Crippen LogP contribution in [0.3, 0.4) is 0 Å². The molecule has 0 atom stereocenters. The molecule has 0 unspecified atom stereocenters. The molecule has 6 nitrogen and oxygen atoms in total. The zero-order chi connectivity index (χ0) is 18.9. The third-order valence-corrected chi connectivity index (χ3v) is 5.67. The van der Waals surface area contributed by atoms with Gasteiger partial charge in [-0.2, -0.15) is 5.26 Å². The summed E-state index contributed by atoms with van der Waals surface area (Å²) in [6.07, 6.45) is 7.79. The molecule has 1 aromatic rings. The van der Waals surface area contributed by atoms with Crippen LogP contribution >= 0.6 is 0 Å². The third kappa shape index (κ3) is 5.27. The van der Waals surface area contributed by atoms with Crippen LogP contribution in [0.15, 0.2) is 12.1 Å². The summed E-state index contributed by atoms with van der Waals surface area (Å²) in [5, 5.41) is 12.3. The molecule has 2 saturated heterocycles. The Balaban J connectivity index is 1.73. The number of nitrogens with one attached hydrogen (secondary N) is 1. The fourth-order valence-electron chi connectivity index (χ4n) is 4.21. The van der Waals surface area contributed by atoms with Crippen LogP contribution in [0.5, 0.6) is 5.75 Å². The highest BCUT2D eigenvalue weighted by atomic mass is 16.5. The van der Waals surface area contributed by atoms with Gasteiger partial charge in [-0.3, -0.25) is 0 Å². The van der Waals surface area contributed by atoms with Crippen LogP contribution in [0.1, 0.15) is 36.8 Å². The summed E-state index contributed by atoms with van der Waals surface area (Å²) < 4.78 is 16.4. The second-order valence-corrected chi connectivity index (χ2v) is 7.32. The quantitative estimate of drug-likeness (QED) is 0.707. The molecule has 6 heteroatoms. The molecule has 0 aromatic heterocycles. The summed E-state index contributed by atoms with van der Waals surface area (Å²) in [4.78, 5) is 2.29. The fourth-order valence-corrected chi connectivity index (χ4v) is 4.21. The fraction of sp³-hybridized carbons (Fsp3) is 0.667. The number of ether oxygens (including phenoxy) is 3. The monoisotopic (exact) mass is 373 g/mol. The van der Waals surface area contributed by atoms with Gasteiger partial charge in [0.1, 0.15) is 12.4 Å². The minimum absolute atomic E-state index is 0.245. The molecule has 1 N–H and O–H groups in total. The molecule has 0 amide bonds. The summed E-state index contributed by atoms with van der Waals surface area (Å²) in [6, 6.07) is 4.34. The van der Waals surface area contributed by atoms with E-state index in [1.54, 1.807) is 13.4 Å². The van der Waals surface area contributed by atoms with Crippen molar-refractivity contribution in [1.29, 1.82) is 5.26 Å². The van der Waals surface area contributed by atoms with Crippen molar-refractivity contribution in [3.8, 4) is 12.0 Å². The maximum atomic E-state index is 8.90. The van der Waals surface area contributed by atoms with E-state index in [-0.39, 0.29) is 6.61 Å². The molecule has 27 heavy (non-hydrogen) atoms. The second-order valence-electron chi connectivity index (χ2n) is 7.32. The van der Waals surface area contributed by atoms with Gasteiger partial charge in [0.25, 0.3) is 6.26 Å². The highest BCUT2D eigenvalue weighted by Crippen LogP contribution is 2.35. The van der Waals surface area contributed by atoms with Crippen LogP contribution in [-0.2, 0) is 22.5 Å². The lowest BCUT2D eigenvalue weighted by atomic mass is 9.91. The van der Waals surface area contributed by atoms with E-state index >= 15 is 0 Å². The van der Waals surface area contributed by atoms with E-state index in [4.69, 9.17) is 19.5 Å². The number of benzene rings is 1. The molecule has 1 aromatic carbocycles. The van der Waals surface area contributed by atoms with E-state index in [2.05, 4.69) is 22.3 Å². The number of morpholine rings is 1. The standard InChI is InChI=1S/C21H31N3O3/c1-25-21-18(4-2-3-17-7-9-23-10-8-17)5-6-20(19(21)15-27-16-22)24-11-13-26-14-12-24/h5-6,17,23H,2-4,7-15H2,1H3. The Hall–Kier alpha value is -1.97. The first-order valence-electron chi connectivity index (χ1n) is 10.1. The van der Waals surface area contributed by atoms with Crippen molar-refractivity contribution in [2.45, 2.75) is 38.7 Å². The Kier molecular flexibility index (Phi) is 7.61. The highest BCUT2D eigenvalue weighted by molar-refractivity contribution is 5.62. The lowest BCUT2D eigenvalue weighted by Crippen LogP contribution is -2.37. The van der Waals surface area contributed by atoms with Gasteiger partial charge >= 0.3 is 0 Å². The molecule has 0 saturated carbocycles. The summed E-state index contributed by atoms with van der Waals surface area (Å²) in [6.45, 7) is 5.68. The number of aryl methyl sites for hydroxylation is 1. The maximum absolute atomic E-state index is 8.90. The number of hydrogen-bond donors (Lipinski definition) is 1. The zero-order valence-electron chi connectivity index (χ0n) is 16.3. The number of piperidine rings is 1. The zero-order valence-corrected chi connectivity index (χ0v) is 16.3. The Morgan fingerprint density at radius 1 is 1.26 bits per heavy atom. The predicted molar refractivity (Wildman–Crippen MR) is 105 cm³/mol. The van der Waals surface area contributed by atoms with Gasteiger partial charge in [0.15, 0.2) is 0 Å². The number of rotatable bonds is 8. The maximum Gasteiger partial charge on any atom is 0.286 e. The average molecular weight is 373 g/mol. The van der Waals surface area contributed by atoms with Gasteiger partial charge in [-0.1, -0.05) is 12.5 Å². The first kappa shape index (κ1) is 19.8. The predicted octanol–water partition coefficient (Wildman–Crippen LogP) is 2.85. The summed E-state index contributed by atoms with van der Waals surface area (Å²) in [7, 11) is 1.71. The Bertz CT molecular complexity index is 632. The van der Waals surface area contributed by atoms with Gasteiger partial charge in [0.2, 0.25) is 0 Å². The van der Waals surface area contributed by atoms with Crippen molar-refractivity contribution in [3.05, 3.63) is 23.3 Å². The van der Waals surface area contributed by atoms with Crippen LogP contribution in [0.4, 0.5) is 5.69 Å². The molecule has 3 rings (SSSR count). The van der Waals surface area contributed by atoms with E-state index in [0.717, 1.165) is 75.2 Å². The molecular weight excluding hydrogens is 342 g/mol. The Morgan fingerprint density at radius 3 is 2.74 bits per heavy atom. The SMILES string of the molecule is COc1c(CCCC2CCNCC2)ccc(N2CCOCC2)c1COC#N. The van der Waals surface area contributed by atoms with Crippen molar-refractivity contribution in [1.82, 2.24) is 5.32 Å². The molecule has 0 bridgehead atoms. The van der Waals surface area contributed by atoms with E-state index < -0.39 is 0 Å². The van der Waals surface area contributed by atoms with Gasteiger partial charge < -0.3 is 24.4 Å². The van der Waals surface area contributed by atoms with Gasteiger partial charge in [-0.15, -0.1) is 0 Å².